The number of nitrogens with zero attached hydrogens (tertiary/aromatic N) is 3. The van der Waals surface area contributed by atoms with E-state index in [1.165, 1.54) is 0 Å². The zero-order chi connectivity index (χ0) is 19.6. The Bertz CT molecular complexity index is 887. The molecule has 1 amide bonds. The molecule has 0 atom stereocenters. The number of ether oxygens (including phenoxy) is 1. The Morgan fingerprint density at radius 3 is 2.50 bits per heavy atom. The summed E-state index contributed by atoms with van der Waals surface area (Å²) in [5.74, 6) is 2.44. The monoisotopic (exact) mass is 378 g/mol. The summed E-state index contributed by atoms with van der Waals surface area (Å²) in [4.78, 5) is 16.0. The SMILES string of the molecule is Cc1ccnc(Nc2ccc(NCCNC(=O)COc3ccccc3)nn2)c1. The van der Waals surface area contributed by atoms with Crippen molar-refractivity contribution in [3.8, 4) is 5.75 Å². The van der Waals surface area contributed by atoms with Crippen molar-refractivity contribution in [2.45, 2.75) is 6.92 Å². The molecule has 3 N–H and O–H groups in total. The van der Waals surface area contributed by atoms with Gasteiger partial charge in [-0.3, -0.25) is 4.79 Å². The molecule has 0 saturated carbocycles. The molecule has 0 aliphatic rings. The van der Waals surface area contributed by atoms with Crippen molar-refractivity contribution in [2.75, 3.05) is 30.3 Å². The maximum absolute atomic E-state index is 11.8. The van der Waals surface area contributed by atoms with E-state index in [9.17, 15) is 4.79 Å². The third-order valence-corrected chi connectivity index (χ3v) is 3.70. The number of anilines is 3. The van der Waals surface area contributed by atoms with Crippen molar-refractivity contribution in [2.24, 2.45) is 0 Å². The van der Waals surface area contributed by atoms with Crippen LogP contribution >= 0.6 is 0 Å². The van der Waals surface area contributed by atoms with E-state index in [2.05, 4.69) is 31.1 Å². The van der Waals surface area contributed by atoms with Gasteiger partial charge in [0.25, 0.3) is 5.91 Å². The molecule has 8 nitrogen and oxygen atoms in total. The van der Waals surface area contributed by atoms with Crippen molar-refractivity contribution in [1.82, 2.24) is 20.5 Å². The molecule has 0 fully saturated rings. The largest absolute Gasteiger partial charge is 0.484 e. The Labute approximate surface area is 163 Å². The average molecular weight is 378 g/mol. The van der Waals surface area contributed by atoms with Gasteiger partial charge in [-0.05, 0) is 48.9 Å². The first kappa shape index (κ1) is 19.1. The van der Waals surface area contributed by atoms with Crippen molar-refractivity contribution in [3.63, 3.8) is 0 Å². The molecule has 0 aliphatic heterocycles. The third kappa shape index (κ3) is 6.24. The van der Waals surface area contributed by atoms with Crippen LogP contribution in [-0.4, -0.2) is 40.8 Å². The summed E-state index contributed by atoms with van der Waals surface area (Å²) in [6.45, 7) is 2.96. The minimum atomic E-state index is -0.179. The first-order valence-electron chi connectivity index (χ1n) is 8.91. The molecule has 0 bridgehead atoms. The number of amides is 1. The molecular weight excluding hydrogens is 356 g/mol. The first-order chi connectivity index (χ1) is 13.7. The Kier molecular flexibility index (Phi) is 6.73. The van der Waals surface area contributed by atoms with Crippen LogP contribution in [0.4, 0.5) is 17.5 Å². The first-order valence-corrected chi connectivity index (χ1v) is 8.91. The Hall–Kier alpha value is -3.68. The number of nitrogens with one attached hydrogen (secondary N) is 3. The number of aromatic nitrogens is 3. The van der Waals surface area contributed by atoms with Gasteiger partial charge in [0.2, 0.25) is 0 Å². The van der Waals surface area contributed by atoms with E-state index in [-0.39, 0.29) is 12.5 Å². The summed E-state index contributed by atoms with van der Waals surface area (Å²) in [7, 11) is 0. The predicted octanol–water partition coefficient (Wildman–Crippen LogP) is 2.53. The van der Waals surface area contributed by atoms with Gasteiger partial charge in [-0.1, -0.05) is 18.2 Å². The fourth-order valence-electron chi connectivity index (χ4n) is 2.34. The van der Waals surface area contributed by atoms with E-state index in [4.69, 9.17) is 4.74 Å². The number of benzene rings is 1. The van der Waals surface area contributed by atoms with Crippen LogP contribution < -0.4 is 20.7 Å². The Morgan fingerprint density at radius 2 is 1.75 bits per heavy atom. The van der Waals surface area contributed by atoms with E-state index >= 15 is 0 Å². The van der Waals surface area contributed by atoms with Crippen LogP contribution in [-0.2, 0) is 4.79 Å². The molecule has 3 rings (SSSR count). The number of pyridine rings is 1. The number of para-hydroxylation sites is 1. The summed E-state index contributed by atoms with van der Waals surface area (Å²) in [6, 6.07) is 16.7. The molecule has 1 aromatic carbocycles. The molecular formula is C20H22N6O2. The normalized spacial score (nSPS) is 10.2. The van der Waals surface area contributed by atoms with Gasteiger partial charge in [0.1, 0.15) is 17.4 Å². The average Bonchev–Trinajstić information content (AvgIpc) is 2.72. The van der Waals surface area contributed by atoms with Crippen LogP contribution in [0.2, 0.25) is 0 Å². The second-order valence-electron chi connectivity index (χ2n) is 6.03. The van der Waals surface area contributed by atoms with Crippen molar-refractivity contribution >= 4 is 23.4 Å². The summed E-state index contributed by atoms with van der Waals surface area (Å²) in [5.41, 5.74) is 1.11. The third-order valence-electron chi connectivity index (χ3n) is 3.70. The Morgan fingerprint density at radius 1 is 0.964 bits per heavy atom. The van der Waals surface area contributed by atoms with Crippen molar-refractivity contribution in [1.29, 1.82) is 0 Å². The summed E-state index contributed by atoms with van der Waals surface area (Å²) in [6.07, 6.45) is 1.74. The second kappa shape index (κ2) is 9.86. The van der Waals surface area contributed by atoms with E-state index in [0.717, 1.165) is 11.4 Å². The zero-order valence-corrected chi connectivity index (χ0v) is 15.6. The molecule has 0 unspecified atom stereocenters. The highest BCUT2D eigenvalue weighted by atomic mass is 16.5. The summed E-state index contributed by atoms with van der Waals surface area (Å²) in [5, 5.41) is 17.2. The topological polar surface area (TPSA) is 101 Å². The van der Waals surface area contributed by atoms with Crippen LogP contribution in [0.15, 0.2) is 60.8 Å². The highest BCUT2D eigenvalue weighted by Crippen LogP contribution is 2.13. The maximum Gasteiger partial charge on any atom is 0.258 e. The molecule has 8 heteroatoms. The van der Waals surface area contributed by atoms with Gasteiger partial charge < -0.3 is 20.7 Å². The van der Waals surface area contributed by atoms with E-state index in [1.54, 1.807) is 18.3 Å². The van der Waals surface area contributed by atoms with Gasteiger partial charge in [-0.2, -0.15) is 0 Å². The van der Waals surface area contributed by atoms with E-state index < -0.39 is 0 Å². The number of aryl methyl sites for hydroxylation is 1. The lowest BCUT2D eigenvalue weighted by atomic mass is 10.3. The molecule has 0 aliphatic carbocycles. The highest BCUT2D eigenvalue weighted by Gasteiger charge is 2.03. The lowest BCUT2D eigenvalue weighted by Gasteiger charge is -2.09. The van der Waals surface area contributed by atoms with Crippen molar-refractivity contribution in [3.05, 3.63) is 66.4 Å². The van der Waals surface area contributed by atoms with Gasteiger partial charge in [0.15, 0.2) is 12.4 Å². The molecule has 144 valence electrons. The molecule has 28 heavy (non-hydrogen) atoms. The van der Waals surface area contributed by atoms with Gasteiger partial charge in [-0.15, -0.1) is 10.2 Å². The minimum Gasteiger partial charge on any atom is -0.484 e. The zero-order valence-electron chi connectivity index (χ0n) is 15.6. The lowest BCUT2D eigenvalue weighted by molar-refractivity contribution is -0.123. The van der Waals surface area contributed by atoms with Gasteiger partial charge >= 0.3 is 0 Å². The standard InChI is InChI=1S/C20H22N6O2/c1-15-9-10-21-19(13-15)24-18-8-7-17(25-26-18)22-11-12-23-20(27)14-28-16-5-3-2-4-6-16/h2-10,13H,11-12,14H2,1H3,(H,22,25)(H,23,27)(H,21,24,26). The van der Waals surface area contributed by atoms with Crippen LogP contribution in [0.25, 0.3) is 0 Å². The lowest BCUT2D eigenvalue weighted by Crippen LogP contribution is -2.32. The van der Waals surface area contributed by atoms with Crippen LogP contribution in [0.5, 0.6) is 5.75 Å². The van der Waals surface area contributed by atoms with E-state index in [0.29, 0.717) is 30.5 Å². The molecule has 2 aromatic heterocycles. The molecule has 0 radical (unpaired) electrons. The number of hydrogen-bond acceptors (Lipinski definition) is 7. The van der Waals surface area contributed by atoms with Gasteiger partial charge in [0.05, 0.1) is 0 Å². The van der Waals surface area contributed by atoms with E-state index in [1.807, 2.05) is 49.4 Å². The summed E-state index contributed by atoms with van der Waals surface area (Å²) < 4.78 is 5.39. The second-order valence-corrected chi connectivity index (χ2v) is 6.03. The number of carbonyl (C=O) groups is 1. The number of carbonyl (C=O) groups excluding carboxylic acids is 1. The number of hydrogen-bond donors (Lipinski definition) is 3. The van der Waals surface area contributed by atoms with Gasteiger partial charge in [-0.25, -0.2) is 4.98 Å². The van der Waals surface area contributed by atoms with Crippen LogP contribution in [0.3, 0.4) is 0 Å². The van der Waals surface area contributed by atoms with Crippen LogP contribution in [0.1, 0.15) is 5.56 Å². The molecule has 3 aromatic rings. The van der Waals surface area contributed by atoms with Crippen molar-refractivity contribution < 1.29 is 9.53 Å². The number of rotatable bonds is 9. The highest BCUT2D eigenvalue weighted by molar-refractivity contribution is 5.77. The minimum absolute atomic E-state index is 0.0167. The predicted molar refractivity (Wildman–Crippen MR) is 108 cm³/mol. The fourth-order valence-corrected chi connectivity index (χ4v) is 2.34. The quantitative estimate of drug-likeness (QED) is 0.492. The summed E-state index contributed by atoms with van der Waals surface area (Å²) >= 11 is 0. The molecule has 0 spiro atoms. The van der Waals surface area contributed by atoms with Crippen LogP contribution in [0, 0.1) is 6.92 Å². The maximum atomic E-state index is 11.8. The van der Waals surface area contributed by atoms with Gasteiger partial charge in [0, 0.05) is 19.3 Å². The fraction of sp³-hybridized carbons (Fsp3) is 0.200. The Balaban J connectivity index is 1.35. The molecule has 2 heterocycles. The smallest absolute Gasteiger partial charge is 0.258 e. The molecule has 0 saturated heterocycles.